The first-order chi connectivity index (χ1) is 8.18. The lowest BCUT2D eigenvalue weighted by molar-refractivity contribution is -0.142. The van der Waals surface area contributed by atoms with E-state index in [9.17, 15) is 4.79 Å². The number of aliphatic carboxylic acids is 1. The van der Waals surface area contributed by atoms with Gasteiger partial charge in [-0.2, -0.15) is 0 Å². The largest absolute Gasteiger partial charge is 0.481 e. The van der Waals surface area contributed by atoms with Gasteiger partial charge in [-0.05, 0) is 47.3 Å². The van der Waals surface area contributed by atoms with Crippen LogP contribution in [0.1, 0.15) is 19.3 Å². The average molecular weight is 298 g/mol. The lowest BCUT2D eigenvalue weighted by Crippen LogP contribution is -2.25. The molecule has 1 heterocycles. The van der Waals surface area contributed by atoms with Crippen LogP contribution in [-0.4, -0.2) is 24.2 Å². The summed E-state index contributed by atoms with van der Waals surface area (Å²) >= 11 is 3.54. The highest BCUT2D eigenvalue weighted by atomic mass is 79.9. The van der Waals surface area contributed by atoms with E-state index in [1.165, 1.54) is 5.69 Å². The average Bonchev–Trinajstić information content (AvgIpc) is 2.55. The molecule has 1 aliphatic heterocycles. The highest BCUT2D eigenvalue weighted by molar-refractivity contribution is 9.10. The van der Waals surface area contributed by atoms with Crippen molar-refractivity contribution in [1.29, 1.82) is 0 Å². The molecule has 1 aromatic carbocycles. The molecule has 4 heteroatoms. The minimum Gasteiger partial charge on any atom is -0.481 e. The van der Waals surface area contributed by atoms with Gasteiger partial charge in [-0.3, -0.25) is 4.79 Å². The number of rotatable bonds is 2. The summed E-state index contributed by atoms with van der Waals surface area (Å²) in [5.74, 6) is -0.832. The van der Waals surface area contributed by atoms with Crippen LogP contribution >= 0.6 is 15.9 Å². The molecule has 1 aliphatic rings. The zero-order valence-corrected chi connectivity index (χ0v) is 11.2. The number of carboxylic acid groups (broad SMARTS) is 1. The van der Waals surface area contributed by atoms with Gasteiger partial charge in [0.2, 0.25) is 0 Å². The molecule has 0 radical (unpaired) electrons. The lowest BCUT2D eigenvalue weighted by Gasteiger charge is -2.23. The fourth-order valence-corrected chi connectivity index (χ4v) is 2.83. The molecule has 1 atom stereocenters. The highest BCUT2D eigenvalue weighted by Crippen LogP contribution is 2.29. The van der Waals surface area contributed by atoms with Crippen LogP contribution in [0.3, 0.4) is 0 Å². The maximum Gasteiger partial charge on any atom is 0.306 e. The number of carbonyl (C=O) groups is 1. The van der Waals surface area contributed by atoms with Crippen molar-refractivity contribution in [3.05, 3.63) is 28.7 Å². The minimum atomic E-state index is -0.654. The van der Waals surface area contributed by atoms with Crippen LogP contribution in [0.4, 0.5) is 5.69 Å². The monoisotopic (exact) mass is 297 g/mol. The fourth-order valence-electron chi connectivity index (χ4n) is 2.29. The van der Waals surface area contributed by atoms with Crippen molar-refractivity contribution < 1.29 is 9.90 Å². The standard InChI is InChI=1S/C13H16BrNO2/c14-11-5-1-2-6-12(11)15-8-3-4-10(7-9-15)13(16)17/h1-2,5-6,10H,3-4,7-9H2,(H,16,17). The van der Waals surface area contributed by atoms with Gasteiger partial charge >= 0.3 is 5.97 Å². The number of benzene rings is 1. The summed E-state index contributed by atoms with van der Waals surface area (Å²) in [5, 5.41) is 9.05. The molecular weight excluding hydrogens is 282 g/mol. The summed E-state index contributed by atoms with van der Waals surface area (Å²) in [7, 11) is 0. The van der Waals surface area contributed by atoms with Gasteiger partial charge in [0.1, 0.15) is 0 Å². The molecule has 0 aliphatic carbocycles. The Morgan fingerprint density at radius 2 is 2.06 bits per heavy atom. The molecule has 17 heavy (non-hydrogen) atoms. The first-order valence-corrected chi connectivity index (χ1v) is 6.70. The van der Waals surface area contributed by atoms with E-state index in [4.69, 9.17) is 5.11 Å². The molecule has 0 spiro atoms. The van der Waals surface area contributed by atoms with Crippen molar-refractivity contribution in [3.63, 3.8) is 0 Å². The molecule has 0 amide bonds. The number of halogens is 1. The van der Waals surface area contributed by atoms with Crippen molar-refractivity contribution >= 4 is 27.6 Å². The van der Waals surface area contributed by atoms with Gasteiger partial charge in [-0.15, -0.1) is 0 Å². The Bertz CT molecular complexity index is 408. The zero-order valence-electron chi connectivity index (χ0n) is 9.60. The first kappa shape index (κ1) is 12.4. The van der Waals surface area contributed by atoms with E-state index in [0.29, 0.717) is 0 Å². The van der Waals surface area contributed by atoms with Crippen LogP contribution in [0.2, 0.25) is 0 Å². The SMILES string of the molecule is O=C(O)C1CCCN(c2ccccc2Br)CC1. The Balaban J connectivity index is 2.09. The Morgan fingerprint density at radius 3 is 2.76 bits per heavy atom. The molecule has 92 valence electrons. The van der Waals surface area contributed by atoms with Crippen LogP contribution < -0.4 is 4.90 Å². The van der Waals surface area contributed by atoms with Gasteiger partial charge in [-0.1, -0.05) is 12.1 Å². The molecule has 0 saturated carbocycles. The molecule has 0 bridgehead atoms. The molecule has 3 nitrogen and oxygen atoms in total. The third-order valence-electron chi connectivity index (χ3n) is 3.27. The van der Waals surface area contributed by atoms with Crippen molar-refractivity contribution in [2.24, 2.45) is 5.92 Å². The smallest absolute Gasteiger partial charge is 0.306 e. The fraction of sp³-hybridized carbons (Fsp3) is 0.462. The molecule has 1 saturated heterocycles. The van der Waals surface area contributed by atoms with Crippen LogP contribution in [0.15, 0.2) is 28.7 Å². The second-order valence-electron chi connectivity index (χ2n) is 4.40. The molecule has 1 fully saturated rings. The number of anilines is 1. The summed E-state index contributed by atoms with van der Waals surface area (Å²) in [6.07, 6.45) is 2.46. The van der Waals surface area contributed by atoms with Gasteiger partial charge in [0, 0.05) is 17.6 Å². The predicted octanol–water partition coefficient (Wildman–Crippen LogP) is 3.14. The van der Waals surface area contributed by atoms with Gasteiger partial charge in [0.15, 0.2) is 0 Å². The van der Waals surface area contributed by atoms with E-state index in [1.807, 2.05) is 18.2 Å². The highest BCUT2D eigenvalue weighted by Gasteiger charge is 2.22. The molecule has 1 unspecified atom stereocenters. The molecule has 1 N–H and O–H groups in total. The van der Waals surface area contributed by atoms with Gasteiger partial charge in [0.25, 0.3) is 0 Å². The van der Waals surface area contributed by atoms with E-state index < -0.39 is 5.97 Å². The number of carboxylic acids is 1. The maximum atomic E-state index is 11.0. The Labute approximate surface area is 110 Å². The number of para-hydroxylation sites is 1. The summed E-state index contributed by atoms with van der Waals surface area (Å²) in [6.45, 7) is 1.76. The molecule has 2 rings (SSSR count). The van der Waals surface area contributed by atoms with E-state index in [-0.39, 0.29) is 5.92 Å². The summed E-state index contributed by atoms with van der Waals surface area (Å²) in [4.78, 5) is 13.3. The van der Waals surface area contributed by atoms with E-state index in [1.54, 1.807) is 0 Å². The Hall–Kier alpha value is -1.03. The number of hydrogen-bond acceptors (Lipinski definition) is 2. The van der Waals surface area contributed by atoms with Gasteiger partial charge in [0.05, 0.1) is 11.6 Å². The summed E-state index contributed by atoms with van der Waals surface area (Å²) < 4.78 is 1.08. The normalized spacial score (nSPS) is 21.0. The van der Waals surface area contributed by atoms with Crippen LogP contribution in [0.5, 0.6) is 0 Å². The first-order valence-electron chi connectivity index (χ1n) is 5.91. The van der Waals surface area contributed by atoms with Gasteiger partial charge < -0.3 is 10.0 Å². The summed E-state index contributed by atoms with van der Waals surface area (Å²) in [5.41, 5.74) is 1.17. The second kappa shape index (κ2) is 5.54. The predicted molar refractivity (Wildman–Crippen MR) is 71.3 cm³/mol. The van der Waals surface area contributed by atoms with E-state index in [2.05, 4.69) is 26.9 Å². The van der Waals surface area contributed by atoms with E-state index >= 15 is 0 Å². The topological polar surface area (TPSA) is 40.5 Å². The zero-order chi connectivity index (χ0) is 12.3. The molecule has 1 aromatic rings. The number of nitrogens with zero attached hydrogens (tertiary/aromatic N) is 1. The van der Waals surface area contributed by atoms with Crippen molar-refractivity contribution in [2.45, 2.75) is 19.3 Å². The minimum absolute atomic E-state index is 0.178. The van der Waals surface area contributed by atoms with Crippen molar-refractivity contribution in [1.82, 2.24) is 0 Å². The van der Waals surface area contributed by atoms with Crippen LogP contribution in [-0.2, 0) is 4.79 Å². The number of hydrogen-bond donors (Lipinski definition) is 1. The quantitative estimate of drug-likeness (QED) is 0.912. The molecular formula is C13H16BrNO2. The second-order valence-corrected chi connectivity index (χ2v) is 5.26. The molecule has 0 aromatic heterocycles. The maximum absolute atomic E-state index is 11.0. The third kappa shape index (κ3) is 3.00. The Kier molecular flexibility index (Phi) is 4.05. The lowest BCUT2D eigenvalue weighted by atomic mass is 10.0. The van der Waals surface area contributed by atoms with Gasteiger partial charge in [-0.25, -0.2) is 0 Å². The van der Waals surface area contributed by atoms with Crippen LogP contribution in [0.25, 0.3) is 0 Å². The third-order valence-corrected chi connectivity index (χ3v) is 3.94. The van der Waals surface area contributed by atoms with Crippen molar-refractivity contribution in [3.8, 4) is 0 Å². The summed E-state index contributed by atoms with van der Waals surface area (Å²) in [6, 6.07) is 8.10. The van der Waals surface area contributed by atoms with Crippen LogP contribution in [0, 0.1) is 5.92 Å². The Morgan fingerprint density at radius 1 is 1.29 bits per heavy atom. The van der Waals surface area contributed by atoms with E-state index in [0.717, 1.165) is 36.8 Å². The van der Waals surface area contributed by atoms with Crippen molar-refractivity contribution in [2.75, 3.05) is 18.0 Å².